The molecule has 0 rings (SSSR count). The first-order valence-electron chi connectivity index (χ1n) is 3.95. The molecule has 0 fully saturated rings. The molecule has 0 aliphatic heterocycles. The Morgan fingerprint density at radius 2 is 1.91 bits per heavy atom. The van der Waals surface area contributed by atoms with Crippen LogP contribution in [0.15, 0.2) is 0 Å². The van der Waals surface area contributed by atoms with Gasteiger partial charge in [0.1, 0.15) is 6.61 Å². The van der Waals surface area contributed by atoms with Gasteiger partial charge in [-0.25, -0.2) is 0 Å². The molecule has 0 saturated heterocycles. The summed E-state index contributed by atoms with van der Waals surface area (Å²) in [6, 6.07) is 0. The molecule has 0 unspecified atom stereocenters. The van der Waals surface area contributed by atoms with Crippen LogP contribution in [0.3, 0.4) is 0 Å². The fourth-order valence-electron chi connectivity index (χ4n) is 0.639. The molecule has 2 heteroatoms. The SMILES string of the molecule is COCC(=O)C(C)(C)C(C)C. The molecule has 0 atom stereocenters. The zero-order valence-electron chi connectivity index (χ0n) is 8.10. The zero-order chi connectivity index (χ0) is 9.07. The Morgan fingerprint density at radius 3 is 2.18 bits per heavy atom. The van der Waals surface area contributed by atoms with Gasteiger partial charge in [0, 0.05) is 12.5 Å². The van der Waals surface area contributed by atoms with Crippen molar-refractivity contribution >= 4 is 5.78 Å². The fourth-order valence-corrected chi connectivity index (χ4v) is 0.639. The maximum atomic E-state index is 11.4. The number of hydrogen-bond acceptors (Lipinski definition) is 2. The van der Waals surface area contributed by atoms with E-state index in [2.05, 4.69) is 0 Å². The highest BCUT2D eigenvalue weighted by Crippen LogP contribution is 2.26. The number of hydrogen-bond donors (Lipinski definition) is 0. The van der Waals surface area contributed by atoms with Gasteiger partial charge in [0.15, 0.2) is 5.78 Å². The number of Topliss-reactive ketones (excluding diaryl/α,β-unsaturated/α-hetero) is 1. The van der Waals surface area contributed by atoms with E-state index in [-0.39, 0.29) is 17.8 Å². The Bertz CT molecular complexity index is 136. The molecule has 0 aromatic carbocycles. The smallest absolute Gasteiger partial charge is 0.164 e. The molecule has 0 radical (unpaired) electrons. The molecular weight excluding hydrogens is 140 g/mol. The monoisotopic (exact) mass is 158 g/mol. The third-order valence-electron chi connectivity index (χ3n) is 2.44. The Hall–Kier alpha value is -0.370. The normalized spacial score (nSPS) is 12.2. The molecule has 0 aliphatic carbocycles. The van der Waals surface area contributed by atoms with Gasteiger partial charge < -0.3 is 4.74 Å². The molecule has 0 heterocycles. The Labute approximate surface area is 68.9 Å². The lowest BCUT2D eigenvalue weighted by atomic mass is 9.78. The van der Waals surface area contributed by atoms with E-state index in [0.717, 1.165) is 0 Å². The summed E-state index contributed by atoms with van der Waals surface area (Å²) in [7, 11) is 1.55. The maximum Gasteiger partial charge on any atom is 0.164 e. The van der Waals surface area contributed by atoms with Crippen molar-refractivity contribution in [3.05, 3.63) is 0 Å². The third kappa shape index (κ3) is 2.62. The van der Waals surface area contributed by atoms with Gasteiger partial charge in [-0.15, -0.1) is 0 Å². The zero-order valence-corrected chi connectivity index (χ0v) is 8.10. The summed E-state index contributed by atoms with van der Waals surface area (Å²) in [4.78, 5) is 11.4. The summed E-state index contributed by atoms with van der Waals surface area (Å²) in [6.45, 7) is 8.24. The van der Waals surface area contributed by atoms with Gasteiger partial charge in [-0.3, -0.25) is 4.79 Å². The fraction of sp³-hybridized carbons (Fsp3) is 0.889. The second-order valence-electron chi connectivity index (χ2n) is 3.73. The number of ether oxygens (including phenoxy) is 1. The summed E-state index contributed by atoms with van der Waals surface area (Å²) in [5, 5.41) is 0. The summed E-state index contributed by atoms with van der Waals surface area (Å²) in [5.74, 6) is 0.542. The maximum absolute atomic E-state index is 11.4. The quantitative estimate of drug-likeness (QED) is 0.624. The lowest BCUT2D eigenvalue weighted by Gasteiger charge is -2.26. The van der Waals surface area contributed by atoms with Crippen molar-refractivity contribution in [3.8, 4) is 0 Å². The van der Waals surface area contributed by atoms with Crippen LogP contribution in [0.5, 0.6) is 0 Å². The van der Waals surface area contributed by atoms with Crippen LogP contribution in [0, 0.1) is 11.3 Å². The first-order chi connectivity index (χ1) is 4.92. The van der Waals surface area contributed by atoms with E-state index >= 15 is 0 Å². The van der Waals surface area contributed by atoms with Crippen LogP contribution in [0.1, 0.15) is 27.7 Å². The van der Waals surface area contributed by atoms with Crippen molar-refractivity contribution in [2.75, 3.05) is 13.7 Å². The van der Waals surface area contributed by atoms with E-state index in [1.165, 1.54) is 0 Å². The van der Waals surface area contributed by atoms with Crippen molar-refractivity contribution in [3.63, 3.8) is 0 Å². The van der Waals surface area contributed by atoms with E-state index in [1.54, 1.807) is 7.11 Å². The van der Waals surface area contributed by atoms with Gasteiger partial charge in [-0.1, -0.05) is 27.7 Å². The molecule has 0 aliphatic rings. The van der Waals surface area contributed by atoms with Crippen molar-refractivity contribution in [2.45, 2.75) is 27.7 Å². The van der Waals surface area contributed by atoms with Crippen LogP contribution in [0.4, 0.5) is 0 Å². The Kier molecular flexibility index (Phi) is 3.73. The highest BCUT2D eigenvalue weighted by atomic mass is 16.5. The predicted molar refractivity (Wildman–Crippen MR) is 45.5 cm³/mol. The molecule has 2 nitrogen and oxygen atoms in total. The number of methoxy groups -OCH3 is 1. The van der Waals surface area contributed by atoms with Gasteiger partial charge in [0.05, 0.1) is 0 Å². The average Bonchev–Trinajstić information content (AvgIpc) is 1.88. The summed E-state index contributed by atoms with van der Waals surface area (Å²) in [6.07, 6.45) is 0. The summed E-state index contributed by atoms with van der Waals surface area (Å²) < 4.78 is 4.79. The topological polar surface area (TPSA) is 26.3 Å². The van der Waals surface area contributed by atoms with Crippen molar-refractivity contribution in [1.82, 2.24) is 0 Å². The lowest BCUT2D eigenvalue weighted by Crippen LogP contribution is -2.32. The molecule has 0 spiro atoms. The van der Waals surface area contributed by atoms with E-state index in [9.17, 15) is 4.79 Å². The molecule has 0 N–H and O–H groups in total. The van der Waals surface area contributed by atoms with Crippen LogP contribution in [-0.2, 0) is 9.53 Å². The lowest BCUT2D eigenvalue weighted by molar-refractivity contribution is -0.133. The molecule has 0 bridgehead atoms. The van der Waals surface area contributed by atoms with E-state index in [4.69, 9.17) is 4.74 Å². The first kappa shape index (κ1) is 10.6. The molecule has 0 aromatic rings. The van der Waals surface area contributed by atoms with E-state index < -0.39 is 0 Å². The largest absolute Gasteiger partial charge is 0.377 e. The number of ketones is 1. The standard InChI is InChI=1S/C9H18O2/c1-7(2)9(3,4)8(10)6-11-5/h7H,6H2,1-5H3. The van der Waals surface area contributed by atoms with E-state index in [1.807, 2.05) is 27.7 Å². The summed E-state index contributed by atoms with van der Waals surface area (Å²) in [5.41, 5.74) is -0.254. The van der Waals surface area contributed by atoms with Crippen LogP contribution in [-0.4, -0.2) is 19.5 Å². The van der Waals surface area contributed by atoms with Gasteiger partial charge in [-0.2, -0.15) is 0 Å². The van der Waals surface area contributed by atoms with Gasteiger partial charge in [-0.05, 0) is 5.92 Å². The minimum absolute atomic E-state index is 0.176. The van der Waals surface area contributed by atoms with Crippen LogP contribution in [0.25, 0.3) is 0 Å². The third-order valence-corrected chi connectivity index (χ3v) is 2.44. The average molecular weight is 158 g/mol. The highest BCUT2D eigenvalue weighted by molar-refractivity contribution is 5.85. The second-order valence-corrected chi connectivity index (χ2v) is 3.73. The van der Waals surface area contributed by atoms with Gasteiger partial charge in [0.25, 0.3) is 0 Å². The molecular formula is C9H18O2. The van der Waals surface area contributed by atoms with Gasteiger partial charge >= 0.3 is 0 Å². The van der Waals surface area contributed by atoms with Crippen molar-refractivity contribution < 1.29 is 9.53 Å². The Morgan fingerprint density at radius 1 is 1.45 bits per heavy atom. The molecule has 66 valence electrons. The van der Waals surface area contributed by atoms with Gasteiger partial charge in [0.2, 0.25) is 0 Å². The number of carbonyl (C=O) groups excluding carboxylic acids is 1. The predicted octanol–water partition coefficient (Wildman–Crippen LogP) is 1.88. The number of carbonyl (C=O) groups is 1. The molecule has 11 heavy (non-hydrogen) atoms. The van der Waals surface area contributed by atoms with Crippen molar-refractivity contribution in [1.29, 1.82) is 0 Å². The van der Waals surface area contributed by atoms with Crippen LogP contribution < -0.4 is 0 Å². The van der Waals surface area contributed by atoms with Crippen molar-refractivity contribution in [2.24, 2.45) is 11.3 Å². The highest BCUT2D eigenvalue weighted by Gasteiger charge is 2.30. The minimum Gasteiger partial charge on any atom is -0.377 e. The number of rotatable bonds is 4. The van der Waals surface area contributed by atoms with E-state index in [0.29, 0.717) is 5.92 Å². The van der Waals surface area contributed by atoms with Crippen LogP contribution >= 0.6 is 0 Å². The second kappa shape index (κ2) is 3.86. The molecule has 0 saturated carbocycles. The first-order valence-corrected chi connectivity index (χ1v) is 3.95. The minimum atomic E-state index is -0.254. The van der Waals surface area contributed by atoms with Crippen LogP contribution in [0.2, 0.25) is 0 Å². The Balaban J connectivity index is 4.18. The summed E-state index contributed by atoms with van der Waals surface area (Å²) >= 11 is 0. The molecule has 0 aromatic heterocycles. The molecule has 0 amide bonds.